The van der Waals surface area contributed by atoms with E-state index in [1.165, 1.54) is 4.91 Å². The van der Waals surface area contributed by atoms with Crippen LogP contribution in [0.15, 0.2) is 11.0 Å². The molecule has 2 atom stereocenters. The van der Waals surface area contributed by atoms with Crippen molar-refractivity contribution in [3.8, 4) is 6.07 Å². The van der Waals surface area contributed by atoms with Crippen LogP contribution in [-0.2, 0) is 0 Å². The van der Waals surface area contributed by atoms with Crippen molar-refractivity contribution in [3.05, 3.63) is 11.0 Å². The number of nitriles is 1. The molecule has 0 spiro atoms. The maximum Gasteiger partial charge on any atom is 0.0773 e. The second-order valence-electron chi connectivity index (χ2n) is 2.26. The van der Waals surface area contributed by atoms with Crippen molar-refractivity contribution in [2.45, 2.75) is 19.1 Å². The summed E-state index contributed by atoms with van der Waals surface area (Å²) in [4.78, 5) is 1.29. The Hall–Kier alpha value is -0.420. The van der Waals surface area contributed by atoms with E-state index < -0.39 is 0 Å². The number of hydrogen-bond donors (Lipinski definition) is 0. The first-order valence-electron chi connectivity index (χ1n) is 2.98. The van der Waals surface area contributed by atoms with Crippen molar-refractivity contribution < 1.29 is 0 Å². The van der Waals surface area contributed by atoms with Crippen LogP contribution in [0.25, 0.3) is 0 Å². The van der Waals surface area contributed by atoms with Crippen LogP contribution < -0.4 is 0 Å². The minimum Gasteiger partial charge on any atom is -0.198 e. The van der Waals surface area contributed by atoms with Crippen LogP contribution in [0.2, 0.25) is 0 Å². The van der Waals surface area contributed by atoms with Crippen LogP contribution in [0.4, 0.5) is 0 Å². The van der Waals surface area contributed by atoms with E-state index in [1.54, 1.807) is 11.8 Å². The number of hydrogen-bond acceptors (Lipinski definition) is 2. The summed E-state index contributed by atoms with van der Waals surface area (Å²) in [5.41, 5.74) is 0. The minimum absolute atomic E-state index is 0.148. The van der Waals surface area contributed by atoms with E-state index in [0.29, 0.717) is 5.25 Å². The van der Waals surface area contributed by atoms with Crippen LogP contribution in [-0.4, -0.2) is 5.25 Å². The lowest BCUT2D eigenvalue weighted by atomic mass is 10.1. The topological polar surface area (TPSA) is 23.8 Å². The van der Waals surface area contributed by atoms with Crippen molar-refractivity contribution in [1.29, 1.82) is 5.26 Å². The Kier molecular flexibility index (Phi) is 1.82. The van der Waals surface area contributed by atoms with Crippen molar-refractivity contribution in [2.75, 3.05) is 0 Å². The maximum atomic E-state index is 8.55. The molecular weight excluding hydrogens is 130 g/mol. The summed E-state index contributed by atoms with van der Waals surface area (Å²) < 4.78 is 0. The third-order valence-corrected chi connectivity index (χ3v) is 2.61. The monoisotopic (exact) mass is 139 g/mol. The van der Waals surface area contributed by atoms with E-state index in [4.69, 9.17) is 5.26 Å². The first kappa shape index (κ1) is 6.70. The molecule has 1 aliphatic rings. The van der Waals surface area contributed by atoms with Crippen molar-refractivity contribution in [2.24, 2.45) is 5.92 Å². The minimum atomic E-state index is 0.148. The number of rotatable bonds is 0. The standard InChI is InChI=1S/C7H9NS/c1-5-3-7(4-8)6(2)9-5/h3,6-7H,1-2H3. The lowest BCUT2D eigenvalue weighted by molar-refractivity contribution is 0.823. The van der Waals surface area contributed by atoms with Gasteiger partial charge in [-0.1, -0.05) is 13.0 Å². The molecule has 0 bridgehead atoms. The molecular formula is C7H9NS. The Balaban J connectivity index is 2.67. The van der Waals surface area contributed by atoms with Gasteiger partial charge in [-0.05, 0) is 11.8 Å². The lowest BCUT2D eigenvalue weighted by Gasteiger charge is -2.02. The molecule has 2 unspecified atom stereocenters. The van der Waals surface area contributed by atoms with Gasteiger partial charge in [0.25, 0.3) is 0 Å². The Bertz CT molecular complexity index is 178. The molecule has 0 radical (unpaired) electrons. The van der Waals surface area contributed by atoms with Gasteiger partial charge in [0.15, 0.2) is 0 Å². The summed E-state index contributed by atoms with van der Waals surface area (Å²) in [6.45, 7) is 4.14. The quantitative estimate of drug-likeness (QED) is 0.513. The molecule has 0 aliphatic carbocycles. The lowest BCUT2D eigenvalue weighted by Crippen LogP contribution is -2.02. The molecule has 48 valence electrons. The van der Waals surface area contributed by atoms with E-state index in [1.807, 2.05) is 6.08 Å². The zero-order valence-corrected chi connectivity index (χ0v) is 6.40. The van der Waals surface area contributed by atoms with E-state index in [-0.39, 0.29) is 5.92 Å². The van der Waals surface area contributed by atoms with Gasteiger partial charge in [-0.15, -0.1) is 11.8 Å². The number of allylic oxidation sites excluding steroid dienone is 2. The van der Waals surface area contributed by atoms with Crippen molar-refractivity contribution in [3.63, 3.8) is 0 Å². The highest BCUT2D eigenvalue weighted by Gasteiger charge is 2.21. The number of nitrogens with zero attached hydrogens (tertiary/aromatic N) is 1. The van der Waals surface area contributed by atoms with Gasteiger partial charge in [0.05, 0.1) is 12.0 Å². The van der Waals surface area contributed by atoms with Gasteiger partial charge in [0.1, 0.15) is 0 Å². The summed E-state index contributed by atoms with van der Waals surface area (Å²) in [5, 5.41) is 9.01. The van der Waals surface area contributed by atoms with Crippen LogP contribution >= 0.6 is 11.8 Å². The predicted molar refractivity (Wildman–Crippen MR) is 39.9 cm³/mol. The summed E-state index contributed by atoms with van der Waals surface area (Å²) in [5.74, 6) is 0.148. The maximum absolute atomic E-state index is 8.55. The molecule has 1 aliphatic heterocycles. The molecule has 0 saturated heterocycles. The van der Waals surface area contributed by atoms with Gasteiger partial charge in [-0.25, -0.2) is 0 Å². The molecule has 0 saturated carbocycles. The molecule has 2 heteroatoms. The van der Waals surface area contributed by atoms with Crippen molar-refractivity contribution in [1.82, 2.24) is 0 Å². The highest BCUT2D eigenvalue weighted by molar-refractivity contribution is 8.03. The van der Waals surface area contributed by atoms with Gasteiger partial charge < -0.3 is 0 Å². The Morgan fingerprint density at radius 3 is 2.67 bits per heavy atom. The molecule has 0 N–H and O–H groups in total. The first-order valence-corrected chi connectivity index (χ1v) is 3.86. The van der Waals surface area contributed by atoms with Crippen molar-refractivity contribution >= 4 is 11.8 Å². The molecule has 0 fully saturated rings. The Morgan fingerprint density at radius 1 is 1.78 bits per heavy atom. The normalized spacial score (nSPS) is 33.7. The molecule has 1 heterocycles. The van der Waals surface area contributed by atoms with Crippen LogP contribution in [0.1, 0.15) is 13.8 Å². The highest BCUT2D eigenvalue weighted by Crippen LogP contribution is 2.34. The molecule has 9 heavy (non-hydrogen) atoms. The fourth-order valence-corrected chi connectivity index (χ4v) is 2.03. The molecule has 1 rings (SSSR count). The van der Waals surface area contributed by atoms with E-state index in [2.05, 4.69) is 19.9 Å². The third kappa shape index (κ3) is 1.28. The average Bonchev–Trinajstić information content (AvgIpc) is 2.10. The summed E-state index contributed by atoms with van der Waals surface area (Å²) >= 11 is 1.79. The highest BCUT2D eigenvalue weighted by atomic mass is 32.2. The van der Waals surface area contributed by atoms with E-state index >= 15 is 0 Å². The molecule has 0 aromatic carbocycles. The van der Waals surface area contributed by atoms with Crippen LogP contribution in [0.5, 0.6) is 0 Å². The Labute approximate surface area is 59.7 Å². The SMILES string of the molecule is CC1=CC(C#N)C(C)S1. The fraction of sp³-hybridized carbons (Fsp3) is 0.571. The first-order chi connectivity index (χ1) is 4.24. The smallest absolute Gasteiger partial charge is 0.0773 e. The van der Waals surface area contributed by atoms with Crippen LogP contribution in [0, 0.1) is 17.2 Å². The second-order valence-corrected chi connectivity index (χ2v) is 3.88. The summed E-state index contributed by atoms with van der Waals surface area (Å²) in [6.07, 6.45) is 2.04. The molecule has 1 nitrogen and oxygen atoms in total. The number of thioether (sulfide) groups is 1. The average molecular weight is 139 g/mol. The van der Waals surface area contributed by atoms with Crippen LogP contribution in [0.3, 0.4) is 0 Å². The fourth-order valence-electron chi connectivity index (χ4n) is 0.936. The summed E-state index contributed by atoms with van der Waals surface area (Å²) in [7, 11) is 0. The molecule has 0 aromatic rings. The van der Waals surface area contributed by atoms with Gasteiger partial charge in [-0.2, -0.15) is 5.26 Å². The zero-order valence-electron chi connectivity index (χ0n) is 5.59. The van der Waals surface area contributed by atoms with Gasteiger partial charge in [-0.3, -0.25) is 0 Å². The molecule has 0 amide bonds. The molecule has 0 aromatic heterocycles. The predicted octanol–water partition coefficient (Wildman–Crippen LogP) is 2.17. The van der Waals surface area contributed by atoms with Gasteiger partial charge >= 0.3 is 0 Å². The van der Waals surface area contributed by atoms with Gasteiger partial charge in [0.2, 0.25) is 0 Å². The summed E-state index contributed by atoms with van der Waals surface area (Å²) in [6, 6.07) is 2.25. The van der Waals surface area contributed by atoms with E-state index in [0.717, 1.165) is 0 Å². The van der Waals surface area contributed by atoms with E-state index in [9.17, 15) is 0 Å². The zero-order chi connectivity index (χ0) is 6.85. The second kappa shape index (κ2) is 2.45. The largest absolute Gasteiger partial charge is 0.198 e. The van der Waals surface area contributed by atoms with Gasteiger partial charge in [0, 0.05) is 5.25 Å². The Morgan fingerprint density at radius 2 is 2.44 bits per heavy atom. The third-order valence-electron chi connectivity index (χ3n) is 1.44.